The average Bonchev–Trinajstić information content (AvgIpc) is 2.25. The molecule has 88 valence electrons. The number of halogens is 1. The maximum absolute atomic E-state index is 11.0. The highest BCUT2D eigenvalue weighted by Gasteiger charge is 2.25. The SMILES string of the molecule is CCC(Cl)CC(c1cccc(C)c1)[N+](=O)[O-]. The van der Waals surface area contributed by atoms with Gasteiger partial charge >= 0.3 is 0 Å². The van der Waals surface area contributed by atoms with Gasteiger partial charge in [0, 0.05) is 22.3 Å². The fourth-order valence-electron chi connectivity index (χ4n) is 1.63. The van der Waals surface area contributed by atoms with Gasteiger partial charge in [0.1, 0.15) is 0 Å². The van der Waals surface area contributed by atoms with Gasteiger partial charge in [0.15, 0.2) is 0 Å². The molecule has 0 saturated heterocycles. The van der Waals surface area contributed by atoms with Crippen LogP contribution in [0.3, 0.4) is 0 Å². The fourth-order valence-corrected chi connectivity index (χ4v) is 1.80. The van der Waals surface area contributed by atoms with E-state index in [2.05, 4.69) is 0 Å². The third-order valence-corrected chi connectivity index (χ3v) is 3.09. The minimum Gasteiger partial charge on any atom is -0.264 e. The highest BCUT2D eigenvalue weighted by molar-refractivity contribution is 6.20. The van der Waals surface area contributed by atoms with Gasteiger partial charge in [-0.1, -0.05) is 30.7 Å². The summed E-state index contributed by atoms with van der Waals surface area (Å²) in [4.78, 5) is 10.8. The second kappa shape index (κ2) is 5.85. The fraction of sp³-hybridized carbons (Fsp3) is 0.500. The standard InChI is InChI=1S/C12H16ClNO2/c1-3-11(13)8-12(14(15)16)10-6-4-5-9(2)7-10/h4-7,11-12H,3,8H2,1-2H3. The molecule has 0 fully saturated rings. The molecule has 0 N–H and O–H groups in total. The monoisotopic (exact) mass is 241 g/mol. The lowest BCUT2D eigenvalue weighted by Crippen LogP contribution is -2.15. The summed E-state index contributed by atoms with van der Waals surface area (Å²) in [5.41, 5.74) is 1.77. The van der Waals surface area contributed by atoms with Gasteiger partial charge in [-0.3, -0.25) is 10.1 Å². The van der Waals surface area contributed by atoms with Gasteiger partial charge in [-0.05, 0) is 19.4 Å². The summed E-state index contributed by atoms with van der Waals surface area (Å²) in [6.45, 7) is 3.86. The predicted octanol–water partition coefficient (Wildman–Crippen LogP) is 3.72. The highest BCUT2D eigenvalue weighted by atomic mass is 35.5. The lowest BCUT2D eigenvalue weighted by Gasteiger charge is -2.13. The van der Waals surface area contributed by atoms with Crippen molar-refractivity contribution < 1.29 is 4.92 Å². The molecule has 2 unspecified atom stereocenters. The Bertz CT molecular complexity index is 368. The summed E-state index contributed by atoms with van der Waals surface area (Å²) >= 11 is 5.99. The Morgan fingerprint density at radius 3 is 2.69 bits per heavy atom. The summed E-state index contributed by atoms with van der Waals surface area (Å²) in [5.74, 6) is 0. The molecule has 0 bridgehead atoms. The zero-order chi connectivity index (χ0) is 12.1. The Morgan fingerprint density at radius 2 is 2.19 bits per heavy atom. The molecule has 2 atom stereocenters. The molecular weight excluding hydrogens is 226 g/mol. The quantitative estimate of drug-likeness (QED) is 0.448. The van der Waals surface area contributed by atoms with Crippen LogP contribution in [-0.2, 0) is 0 Å². The number of aryl methyl sites for hydroxylation is 1. The first-order valence-electron chi connectivity index (χ1n) is 5.38. The minimum atomic E-state index is -0.692. The number of benzene rings is 1. The van der Waals surface area contributed by atoms with Crippen LogP contribution < -0.4 is 0 Å². The number of hydrogen-bond donors (Lipinski definition) is 0. The normalized spacial score (nSPS) is 14.4. The number of rotatable bonds is 5. The summed E-state index contributed by atoms with van der Waals surface area (Å²) in [6, 6.07) is 6.73. The smallest absolute Gasteiger partial charge is 0.239 e. The second-order valence-electron chi connectivity index (χ2n) is 3.96. The molecule has 0 saturated carbocycles. The minimum absolute atomic E-state index is 0.143. The molecule has 0 aromatic heterocycles. The average molecular weight is 242 g/mol. The van der Waals surface area contributed by atoms with Gasteiger partial charge in [-0.2, -0.15) is 0 Å². The number of alkyl halides is 1. The zero-order valence-electron chi connectivity index (χ0n) is 9.52. The van der Waals surface area contributed by atoms with Crippen molar-refractivity contribution >= 4 is 11.6 Å². The van der Waals surface area contributed by atoms with Gasteiger partial charge in [-0.25, -0.2) is 0 Å². The van der Waals surface area contributed by atoms with Crippen LogP contribution in [0.25, 0.3) is 0 Å². The van der Waals surface area contributed by atoms with Crippen LogP contribution >= 0.6 is 11.6 Å². The Hall–Kier alpha value is -1.09. The summed E-state index contributed by atoms with van der Waals surface area (Å²) < 4.78 is 0. The second-order valence-corrected chi connectivity index (χ2v) is 4.57. The van der Waals surface area contributed by atoms with Crippen LogP contribution in [0.4, 0.5) is 0 Å². The van der Waals surface area contributed by atoms with Crippen LogP contribution in [-0.4, -0.2) is 10.3 Å². The summed E-state index contributed by atoms with van der Waals surface area (Å²) in [6.07, 6.45) is 1.13. The molecule has 0 aliphatic carbocycles. The van der Waals surface area contributed by atoms with Gasteiger partial charge < -0.3 is 0 Å². The van der Waals surface area contributed by atoms with Crippen molar-refractivity contribution in [3.05, 3.63) is 45.5 Å². The third-order valence-electron chi connectivity index (χ3n) is 2.60. The molecule has 0 radical (unpaired) electrons. The Kier molecular flexibility index (Phi) is 4.74. The van der Waals surface area contributed by atoms with E-state index in [4.69, 9.17) is 11.6 Å². The topological polar surface area (TPSA) is 43.1 Å². The van der Waals surface area contributed by atoms with Crippen LogP contribution in [0.2, 0.25) is 0 Å². The first kappa shape index (κ1) is 13.0. The van der Waals surface area contributed by atoms with E-state index in [0.717, 1.165) is 17.5 Å². The van der Waals surface area contributed by atoms with Crippen molar-refractivity contribution in [2.24, 2.45) is 0 Å². The lowest BCUT2D eigenvalue weighted by atomic mass is 10.00. The van der Waals surface area contributed by atoms with Gasteiger partial charge in [0.2, 0.25) is 6.04 Å². The highest BCUT2D eigenvalue weighted by Crippen LogP contribution is 2.25. The Balaban J connectivity index is 2.89. The Labute approximate surface area is 101 Å². The van der Waals surface area contributed by atoms with Crippen molar-refractivity contribution in [1.82, 2.24) is 0 Å². The number of nitro groups is 1. The van der Waals surface area contributed by atoms with Crippen LogP contribution in [0.5, 0.6) is 0 Å². The molecule has 0 aliphatic rings. The zero-order valence-corrected chi connectivity index (χ0v) is 10.3. The first-order valence-corrected chi connectivity index (χ1v) is 5.82. The van der Waals surface area contributed by atoms with Crippen LogP contribution in [0.15, 0.2) is 24.3 Å². The lowest BCUT2D eigenvalue weighted by molar-refractivity contribution is -0.530. The molecule has 0 spiro atoms. The van der Waals surface area contributed by atoms with Crippen LogP contribution in [0, 0.1) is 17.0 Å². The maximum Gasteiger partial charge on any atom is 0.239 e. The van der Waals surface area contributed by atoms with E-state index in [1.807, 2.05) is 32.0 Å². The van der Waals surface area contributed by atoms with Crippen LogP contribution in [0.1, 0.15) is 36.9 Å². The van der Waals surface area contributed by atoms with E-state index >= 15 is 0 Å². The molecule has 1 rings (SSSR count). The van der Waals surface area contributed by atoms with Crippen molar-refractivity contribution in [3.63, 3.8) is 0 Å². The largest absolute Gasteiger partial charge is 0.264 e. The van der Waals surface area contributed by atoms with E-state index in [-0.39, 0.29) is 10.3 Å². The van der Waals surface area contributed by atoms with Gasteiger partial charge in [0.25, 0.3) is 0 Å². The van der Waals surface area contributed by atoms with Gasteiger partial charge in [-0.15, -0.1) is 11.6 Å². The number of hydrogen-bond acceptors (Lipinski definition) is 2. The molecule has 1 aromatic carbocycles. The summed E-state index contributed by atoms with van der Waals surface area (Å²) in [7, 11) is 0. The molecule has 0 heterocycles. The van der Waals surface area contributed by atoms with Crippen molar-refractivity contribution in [2.75, 3.05) is 0 Å². The van der Waals surface area contributed by atoms with E-state index < -0.39 is 6.04 Å². The maximum atomic E-state index is 11.0. The molecule has 3 nitrogen and oxygen atoms in total. The number of nitrogens with zero attached hydrogens (tertiary/aromatic N) is 1. The molecule has 0 aliphatic heterocycles. The molecule has 4 heteroatoms. The molecule has 1 aromatic rings. The third kappa shape index (κ3) is 3.49. The molecule has 0 amide bonds. The first-order chi connectivity index (χ1) is 7.54. The van der Waals surface area contributed by atoms with E-state index in [0.29, 0.717) is 6.42 Å². The predicted molar refractivity (Wildman–Crippen MR) is 65.5 cm³/mol. The summed E-state index contributed by atoms with van der Waals surface area (Å²) in [5, 5.41) is 10.9. The molecule has 16 heavy (non-hydrogen) atoms. The van der Waals surface area contributed by atoms with Gasteiger partial charge in [0.05, 0.1) is 0 Å². The van der Waals surface area contributed by atoms with Crippen molar-refractivity contribution in [1.29, 1.82) is 0 Å². The van der Waals surface area contributed by atoms with E-state index in [1.54, 1.807) is 6.07 Å². The van der Waals surface area contributed by atoms with Crippen molar-refractivity contribution in [2.45, 2.75) is 38.1 Å². The van der Waals surface area contributed by atoms with Crippen molar-refractivity contribution in [3.8, 4) is 0 Å². The van der Waals surface area contributed by atoms with E-state index in [1.165, 1.54) is 0 Å². The van der Waals surface area contributed by atoms with E-state index in [9.17, 15) is 10.1 Å². The Morgan fingerprint density at radius 1 is 1.50 bits per heavy atom. The molecular formula is C12H16ClNO2.